The number of carbonyl (C=O) groups is 1. The second-order valence-electron chi connectivity index (χ2n) is 4.92. The van der Waals surface area contributed by atoms with E-state index in [0.29, 0.717) is 12.5 Å². The van der Waals surface area contributed by atoms with Crippen LogP contribution in [0.3, 0.4) is 0 Å². The average Bonchev–Trinajstić information content (AvgIpc) is 2.69. The van der Waals surface area contributed by atoms with Gasteiger partial charge < -0.3 is 10.0 Å². The zero-order chi connectivity index (χ0) is 12.0. The molecule has 94 valence electrons. The number of unbranched alkanes of at least 4 members (excludes halogenated alkanes) is 1. The van der Waals surface area contributed by atoms with Crippen LogP contribution in [0.25, 0.3) is 0 Å². The minimum atomic E-state index is 0.0799. The fourth-order valence-corrected chi connectivity index (χ4v) is 2.55. The fourth-order valence-electron chi connectivity index (χ4n) is 2.55. The summed E-state index contributed by atoms with van der Waals surface area (Å²) in [4.78, 5) is 14.1. The molecule has 1 N–H and O–H groups in total. The van der Waals surface area contributed by atoms with E-state index < -0.39 is 0 Å². The molecule has 0 aliphatic heterocycles. The van der Waals surface area contributed by atoms with Crippen LogP contribution in [0.4, 0.5) is 0 Å². The van der Waals surface area contributed by atoms with E-state index in [1.54, 1.807) is 0 Å². The van der Waals surface area contributed by atoms with E-state index in [2.05, 4.69) is 13.8 Å². The Morgan fingerprint density at radius 1 is 1.38 bits per heavy atom. The highest BCUT2D eigenvalue weighted by atomic mass is 16.3. The lowest BCUT2D eigenvalue weighted by molar-refractivity contribution is -0.137. The summed E-state index contributed by atoms with van der Waals surface area (Å²) in [7, 11) is 0. The smallest absolute Gasteiger partial charge is 0.226 e. The van der Waals surface area contributed by atoms with Gasteiger partial charge in [-0.2, -0.15) is 0 Å². The number of rotatable bonds is 6. The molecule has 3 heteroatoms. The lowest BCUT2D eigenvalue weighted by Gasteiger charge is -2.26. The summed E-state index contributed by atoms with van der Waals surface area (Å²) in [5.41, 5.74) is 0. The lowest BCUT2D eigenvalue weighted by Crippen LogP contribution is -2.39. The Labute approximate surface area is 98.8 Å². The van der Waals surface area contributed by atoms with E-state index in [4.69, 9.17) is 5.11 Å². The molecule has 16 heavy (non-hydrogen) atoms. The van der Waals surface area contributed by atoms with Crippen molar-refractivity contribution in [2.75, 3.05) is 19.7 Å². The molecule has 1 fully saturated rings. The number of aliphatic hydroxyl groups excluding tert-OH is 1. The molecule has 0 saturated heterocycles. The average molecular weight is 227 g/mol. The van der Waals surface area contributed by atoms with Gasteiger partial charge in [0.1, 0.15) is 0 Å². The molecule has 0 aromatic carbocycles. The number of carbonyl (C=O) groups excluding carboxylic acids is 1. The van der Waals surface area contributed by atoms with Crippen molar-refractivity contribution in [3.05, 3.63) is 0 Å². The summed E-state index contributed by atoms with van der Waals surface area (Å²) in [6, 6.07) is 0. The van der Waals surface area contributed by atoms with Gasteiger partial charge in [-0.1, -0.05) is 26.7 Å². The number of hydrogen-bond acceptors (Lipinski definition) is 2. The highest BCUT2D eigenvalue weighted by Crippen LogP contribution is 2.32. The quantitative estimate of drug-likeness (QED) is 0.754. The van der Waals surface area contributed by atoms with Gasteiger partial charge in [0.15, 0.2) is 0 Å². The standard InChI is InChI=1S/C13H25NO2/c1-3-4-8-14(9-10-15)13(16)12-7-5-6-11(12)2/h11-12,15H,3-10H2,1-2H3. The molecule has 1 amide bonds. The Hall–Kier alpha value is -0.570. The van der Waals surface area contributed by atoms with E-state index in [-0.39, 0.29) is 18.4 Å². The third-order valence-electron chi connectivity index (χ3n) is 3.64. The number of hydrogen-bond donors (Lipinski definition) is 1. The van der Waals surface area contributed by atoms with Gasteiger partial charge in [0.2, 0.25) is 5.91 Å². The predicted octanol–water partition coefficient (Wildman–Crippen LogP) is 2.04. The topological polar surface area (TPSA) is 40.5 Å². The summed E-state index contributed by atoms with van der Waals surface area (Å²) in [5, 5.41) is 9.00. The van der Waals surface area contributed by atoms with Crippen LogP contribution in [0.1, 0.15) is 46.0 Å². The van der Waals surface area contributed by atoms with E-state index in [0.717, 1.165) is 25.8 Å². The Morgan fingerprint density at radius 2 is 2.12 bits per heavy atom. The van der Waals surface area contributed by atoms with Gasteiger partial charge in [-0.05, 0) is 25.2 Å². The zero-order valence-electron chi connectivity index (χ0n) is 10.6. The highest BCUT2D eigenvalue weighted by molar-refractivity contribution is 5.79. The van der Waals surface area contributed by atoms with E-state index in [9.17, 15) is 4.79 Å². The third kappa shape index (κ3) is 3.48. The van der Waals surface area contributed by atoms with Gasteiger partial charge in [0, 0.05) is 19.0 Å². The van der Waals surface area contributed by atoms with Crippen LogP contribution in [0, 0.1) is 11.8 Å². The second-order valence-corrected chi connectivity index (χ2v) is 4.92. The maximum absolute atomic E-state index is 12.3. The Balaban J connectivity index is 2.51. The Morgan fingerprint density at radius 3 is 2.62 bits per heavy atom. The SMILES string of the molecule is CCCCN(CCO)C(=O)C1CCCC1C. The van der Waals surface area contributed by atoms with Gasteiger partial charge in [-0.3, -0.25) is 4.79 Å². The minimum Gasteiger partial charge on any atom is -0.395 e. The molecule has 0 aromatic heterocycles. The molecule has 1 aliphatic rings. The summed E-state index contributed by atoms with van der Waals surface area (Å²) in [5.74, 6) is 1.01. The van der Waals surface area contributed by atoms with Crippen molar-refractivity contribution >= 4 is 5.91 Å². The van der Waals surface area contributed by atoms with Crippen molar-refractivity contribution in [2.24, 2.45) is 11.8 Å². The third-order valence-corrected chi connectivity index (χ3v) is 3.64. The monoisotopic (exact) mass is 227 g/mol. The molecule has 0 heterocycles. The zero-order valence-corrected chi connectivity index (χ0v) is 10.6. The second kappa shape index (κ2) is 6.89. The molecule has 1 aliphatic carbocycles. The maximum atomic E-state index is 12.3. The van der Waals surface area contributed by atoms with Crippen LogP contribution in [-0.2, 0) is 4.79 Å². The Bertz CT molecular complexity index is 218. The molecule has 0 aromatic rings. The van der Waals surface area contributed by atoms with Crippen LogP contribution < -0.4 is 0 Å². The highest BCUT2D eigenvalue weighted by Gasteiger charge is 2.32. The Kier molecular flexibility index (Phi) is 5.81. The van der Waals surface area contributed by atoms with Crippen LogP contribution >= 0.6 is 0 Å². The first-order chi connectivity index (χ1) is 7.70. The molecule has 0 bridgehead atoms. The first-order valence-corrected chi connectivity index (χ1v) is 6.60. The van der Waals surface area contributed by atoms with Gasteiger partial charge in [-0.25, -0.2) is 0 Å². The first-order valence-electron chi connectivity index (χ1n) is 6.60. The molecule has 0 spiro atoms. The fraction of sp³-hybridized carbons (Fsp3) is 0.923. The summed E-state index contributed by atoms with van der Waals surface area (Å²) >= 11 is 0. The largest absolute Gasteiger partial charge is 0.395 e. The van der Waals surface area contributed by atoms with Crippen LogP contribution in [0.15, 0.2) is 0 Å². The van der Waals surface area contributed by atoms with E-state index in [1.807, 2.05) is 4.90 Å². The van der Waals surface area contributed by atoms with Crippen molar-refractivity contribution in [1.82, 2.24) is 4.90 Å². The summed E-state index contributed by atoms with van der Waals surface area (Å²) in [6.45, 7) is 5.68. The molecular weight excluding hydrogens is 202 g/mol. The van der Waals surface area contributed by atoms with Crippen molar-refractivity contribution in [3.63, 3.8) is 0 Å². The van der Waals surface area contributed by atoms with Crippen molar-refractivity contribution in [3.8, 4) is 0 Å². The predicted molar refractivity (Wildman–Crippen MR) is 65.1 cm³/mol. The van der Waals surface area contributed by atoms with Crippen LogP contribution in [-0.4, -0.2) is 35.6 Å². The van der Waals surface area contributed by atoms with Gasteiger partial charge >= 0.3 is 0 Å². The van der Waals surface area contributed by atoms with E-state index in [1.165, 1.54) is 12.8 Å². The number of nitrogens with zero attached hydrogens (tertiary/aromatic N) is 1. The van der Waals surface area contributed by atoms with E-state index >= 15 is 0 Å². The molecule has 2 unspecified atom stereocenters. The summed E-state index contributed by atoms with van der Waals surface area (Å²) < 4.78 is 0. The number of aliphatic hydroxyl groups is 1. The van der Waals surface area contributed by atoms with Crippen molar-refractivity contribution < 1.29 is 9.90 Å². The maximum Gasteiger partial charge on any atom is 0.226 e. The normalized spacial score (nSPS) is 24.7. The molecule has 2 atom stereocenters. The molecule has 1 saturated carbocycles. The van der Waals surface area contributed by atoms with Crippen LogP contribution in [0.5, 0.6) is 0 Å². The van der Waals surface area contributed by atoms with Gasteiger partial charge in [0.25, 0.3) is 0 Å². The van der Waals surface area contributed by atoms with Gasteiger partial charge in [-0.15, -0.1) is 0 Å². The summed E-state index contributed by atoms with van der Waals surface area (Å²) in [6.07, 6.45) is 5.52. The van der Waals surface area contributed by atoms with Crippen molar-refractivity contribution in [1.29, 1.82) is 0 Å². The molecular formula is C13H25NO2. The van der Waals surface area contributed by atoms with Crippen LogP contribution in [0.2, 0.25) is 0 Å². The molecule has 3 nitrogen and oxygen atoms in total. The van der Waals surface area contributed by atoms with Crippen molar-refractivity contribution in [2.45, 2.75) is 46.0 Å². The molecule has 0 radical (unpaired) electrons. The molecule has 1 rings (SSSR count). The van der Waals surface area contributed by atoms with Gasteiger partial charge in [0.05, 0.1) is 6.61 Å². The lowest BCUT2D eigenvalue weighted by atomic mass is 9.96. The first kappa shape index (κ1) is 13.5. The number of amides is 1. The minimum absolute atomic E-state index is 0.0799.